The van der Waals surface area contributed by atoms with Crippen LogP contribution in [0, 0.1) is 11.3 Å². The van der Waals surface area contributed by atoms with Gasteiger partial charge in [-0.15, -0.1) is 21.6 Å². The first-order valence-electron chi connectivity index (χ1n) is 13.2. The van der Waals surface area contributed by atoms with E-state index in [2.05, 4.69) is 65.2 Å². The molecule has 0 radical (unpaired) electrons. The van der Waals surface area contributed by atoms with Gasteiger partial charge in [-0.3, -0.25) is 0 Å². The molecule has 2 heterocycles. The Bertz CT molecular complexity index is 1380. The summed E-state index contributed by atoms with van der Waals surface area (Å²) >= 11 is 3.05. The van der Waals surface area contributed by atoms with Crippen molar-refractivity contribution in [1.82, 2.24) is 4.98 Å². The van der Waals surface area contributed by atoms with Gasteiger partial charge < -0.3 is 9.64 Å². The largest absolute Gasteiger partial charge is 0.494 e. The van der Waals surface area contributed by atoms with E-state index >= 15 is 0 Å². The van der Waals surface area contributed by atoms with E-state index in [1.165, 1.54) is 36.3 Å². The van der Waals surface area contributed by atoms with Crippen molar-refractivity contribution in [2.24, 2.45) is 10.2 Å². The molecule has 0 aliphatic carbocycles. The van der Waals surface area contributed by atoms with Crippen LogP contribution in [0.4, 0.5) is 16.5 Å². The van der Waals surface area contributed by atoms with Crippen LogP contribution in [0.3, 0.4) is 0 Å². The zero-order valence-corrected chi connectivity index (χ0v) is 23.8. The van der Waals surface area contributed by atoms with E-state index in [-0.39, 0.29) is 0 Å². The van der Waals surface area contributed by atoms with Crippen molar-refractivity contribution in [2.75, 3.05) is 24.6 Å². The van der Waals surface area contributed by atoms with Gasteiger partial charge in [-0.25, -0.2) is 4.98 Å². The minimum absolute atomic E-state index is 0.612. The Hall–Kier alpha value is -3.54. The van der Waals surface area contributed by atoms with Crippen molar-refractivity contribution in [3.05, 3.63) is 65.0 Å². The fourth-order valence-corrected chi connectivity index (χ4v) is 6.03. The van der Waals surface area contributed by atoms with Gasteiger partial charge in [0.05, 0.1) is 28.6 Å². The highest BCUT2D eigenvalue weighted by Gasteiger charge is 2.10. The van der Waals surface area contributed by atoms with Gasteiger partial charge in [-0.1, -0.05) is 37.5 Å². The summed E-state index contributed by atoms with van der Waals surface area (Å²) in [5, 5.41) is 19.1. The first-order chi connectivity index (χ1) is 18.6. The average molecular weight is 544 g/mol. The van der Waals surface area contributed by atoms with Crippen molar-refractivity contribution in [1.29, 1.82) is 5.26 Å². The summed E-state index contributed by atoms with van der Waals surface area (Å²) < 4.78 is 6.86. The molecule has 0 N–H and O–H groups in total. The van der Waals surface area contributed by atoms with Crippen LogP contribution in [0.1, 0.15) is 56.9 Å². The molecule has 8 heteroatoms. The Morgan fingerprint density at radius 3 is 2.39 bits per heavy atom. The van der Waals surface area contributed by atoms with Gasteiger partial charge in [0.25, 0.3) is 0 Å². The van der Waals surface area contributed by atoms with Crippen molar-refractivity contribution in [2.45, 2.75) is 46.5 Å². The van der Waals surface area contributed by atoms with Crippen LogP contribution >= 0.6 is 22.7 Å². The van der Waals surface area contributed by atoms with E-state index in [1.807, 2.05) is 42.5 Å². The predicted octanol–water partition coefficient (Wildman–Crippen LogP) is 9.64. The summed E-state index contributed by atoms with van der Waals surface area (Å²) in [5.74, 6) is 0.838. The highest BCUT2D eigenvalue weighted by Crippen LogP contribution is 2.36. The zero-order valence-electron chi connectivity index (χ0n) is 22.2. The first-order valence-corrected chi connectivity index (χ1v) is 14.8. The Labute approximate surface area is 232 Å². The summed E-state index contributed by atoms with van der Waals surface area (Å²) in [5.41, 5.74) is 3.47. The number of aromatic nitrogens is 1. The lowest BCUT2D eigenvalue weighted by Gasteiger charge is -2.20. The number of benzene rings is 2. The van der Waals surface area contributed by atoms with E-state index in [1.54, 1.807) is 11.3 Å². The maximum absolute atomic E-state index is 9.77. The summed E-state index contributed by atoms with van der Waals surface area (Å²) in [6.07, 6.45) is 6.63. The first kappa shape index (κ1) is 27.5. The van der Waals surface area contributed by atoms with E-state index in [0.717, 1.165) is 57.5 Å². The van der Waals surface area contributed by atoms with Gasteiger partial charge in [0.1, 0.15) is 10.6 Å². The molecule has 0 aliphatic heterocycles. The molecule has 0 atom stereocenters. The van der Waals surface area contributed by atoms with Crippen LogP contribution < -0.4 is 9.64 Å². The molecule has 0 bridgehead atoms. The molecule has 0 amide bonds. The fourth-order valence-electron chi connectivity index (χ4n) is 4.05. The predicted molar refractivity (Wildman–Crippen MR) is 161 cm³/mol. The molecule has 4 aromatic rings. The quantitative estimate of drug-likeness (QED) is 0.0955. The van der Waals surface area contributed by atoms with Crippen LogP contribution in [0.2, 0.25) is 0 Å². The second kappa shape index (κ2) is 13.8. The number of nitriles is 1. The lowest BCUT2D eigenvalue weighted by molar-refractivity contribution is 0.305. The SMILES string of the molecule is CCCCCCOc1ccc(/C(C#N)=C/c2cc3sc(/N=N/c4ccc(N(CC)CC)cc4)nc3s2)cc1. The molecule has 6 nitrogen and oxygen atoms in total. The normalized spacial score (nSPS) is 11.8. The molecule has 2 aromatic heterocycles. The third-order valence-corrected chi connectivity index (χ3v) is 8.16. The molecule has 0 aliphatic rings. The average Bonchev–Trinajstić information content (AvgIpc) is 3.50. The number of hydrogen-bond acceptors (Lipinski definition) is 8. The van der Waals surface area contributed by atoms with Gasteiger partial charge in [0, 0.05) is 23.7 Å². The van der Waals surface area contributed by atoms with E-state index in [0.29, 0.717) is 10.7 Å². The number of azo groups is 1. The standard InChI is InChI=1S/C30H33N5OS2/c1-4-7-8-9-18-36-26-16-10-22(11-17-26)23(21-31)19-27-20-28-29(37-27)32-30(38-28)34-33-24-12-14-25(15-13-24)35(5-2)6-3/h10-17,19-20H,4-9,18H2,1-3H3/b23-19+,34-33+. The van der Waals surface area contributed by atoms with Crippen LogP contribution in [0.5, 0.6) is 5.75 Å². The van der Waals surface area contributed by atoms with Crippen molar-refractivity contribution in [3.8, 4) is 11.8 Å². The van der Waals surface area contributed by atoms with Gasteiger partial charge in [-0.05, 0) is 86.5 Å². The monoisotopic (exact) mass is 543 g/mol. The van der Waals surface area contributed by atoms with E-state index in [4.69, 9.17) is 4.74 Å². The molecule has 0 saturated heterocycles. The third-order valence-electron chi connectivity index (χ3n) is 6.17. The molecule has 4 rings (SSSR count). The smallest absolute Gasteiger partial charge is 0.231 e. The van der Waals surface area contributed by atoms with Crippen molar-refractivity contribution >= 4 is 60.4 Å². The Morgan fingerprint density at radius 1 is 0.974 bits per heavy atom. The van der Waals surface area contributed by atoms with Gasteiger partial charge in [-0.2, -0.15) is 5.26 Å². The minimum atomic E-state index is 0.612. The molecule has 0 saturated carbocycles. The molecule has 2 aromatic carbocycles. The molecule has 0 spiro atoms. The molecular weight excluding hydrogens is 510 g/mol. The number of allylic oxidation sites excluding steroid dienone is 1. The summed E-state index contributed by atoms with van der Waals surface area (Å²) in [6.45, 7) is 9.17. The highest BCUT2D eigenvalue weighted by molar-refractivity contribution is 7.29. The summed E-state index contributed by atoms with van der Waals surface area (Å²) in [7, 11) is 0. The van der Waals surface area contributed by atoms with Gasteiger partial charge in [0.2, 0.25) is 5.13 Å². The molecule has 0 fully saturated rings. The maximum atomic E-state index is 9.77. The van der Waals surface area contributed by atoms with Crippen LogP contribution in [-0.4, -0.2) is 24.7 Å². The second-order valence-electron chi connectivity index (χ2n) is 8.81. The zero-order chi connectivity index (χ0) is 26.7. The fraction of sp³-hybridized carbons (Fsp3) is 0.333. The maximum Gasteiger partial charge on any atom is 0.231 e. The van der Waals surface area contributed by atoms with Crippen LogP contribution in [0.15, 0.2) is 64.8 Å². The molecular formula is C30H33N5OS2. The van der Waals surface area contributed by atoms with E-state index in [9.17, 15) is 5.26 Å². The highest BCUT2D eigenvalue weighted by atomic mass is 32.1. The van der Waals surface area contributed by atoms with Crippen LogP contribution in [-0.2, 0) is 0 Å². The number of nitrogens with zero attached hydrogens (tertiary/aromatic N) is 5. The number of thiophene rings is 1. The van der Waals surface area contributed by atoms with Crippen LogP contribution in [0.25, 0.3) is 21.2 Å². The number of hydrogen-bond donors (Lipinski definition) is 0. The number of unbranched alkanes of at least 4 members (excludes halogenated alkanes) is 3. The van der Waals surface area contributed by atoms with Crippen molar-refractivity contribution in [3.63, 3.8) is 0 Å². The second-order valence-corrected chi connectivity index (χ2v) is 10.9. The lowest BCUT2D eigenvalue weighted by atomic mass is 10.1. The number of rotatable bonds is 13. The third kappa shape index (κ3) is 7.27. The summed E-state index contributed by atoms with van der Waals surface area (Å²) in [6, 6.07) is 20.2. The Kier molecular flexibility index (Phi) is 10.0. The number of anilines is 1. The Balaban J connectivity index is 1.40. The number of thiazole rings is 1. The molecule has 196 valence electrons. The number of ether oxygens (including phenoxy) is 1. The Morgan fingerprint density at radius 2 is 1.74 bits per heavy atom. The number of fused-ring (bicyclic) bond motifs is 1. The van der Waals surface area contributed by atoms with Crippen molar-refractivity contribution < 1.29 is 4.74 Å². The van der Waals surface area contributed by atoms with Gasteiger partial charge >= 0.3 is 0 Å². The van der Waals surface area contributed by atoms with Gasteiger partial charge in [0.15, 0.2) is 0 Å². The topological polar surface area (TPSA) is 73.9 Å². The molecule has 38 heavy (non-hydrogen) atoms. The summed E-state index contributed by atoms with van der Waals surface area (Å²) in [4.78, 5) is 8.80. The lowest BCUT2D eigenvalue weighted by Crippen LogP contribution is -2.21. The minimum Gasteiger partial charge on any atom is -0.494 e. The molecule has 0 unspecified atom stereocenters. The van der Waals surface area contributed by atoms with E-state index < -0.39 is 0 Å².